The van der Waals surface area contributed by atoms with Crippen LogP contribution in [0.4, 0.5) is 5.82 Å². The Morgan fingerprint density at radius 3 is 2.65 bits per heavy atom. The van der Waals surface area contributed by atoms with E-state index in [1.807, 2.05) is 45.2 Å². The van der Waals surface area contributed by atoms with Crippen molar-refractivity contribution in [2.75, 3.05) is 24.6 Å². The molecule has 0 aliphatic carbocycles. The summed E-state index contributed by atoms with van der Waals surface area (Å²) >= 11 is 0. The lowest BCUT2D eigenvalue weighted by atomic mass is 9.90. The van der Waals surface area contributed by atoms with Crippen LogP contribution in [0.5, 0.6) is 0 Å². The molecule has 1 saturated heterocycles. The van der Waals surface area contributed by atoms with E-state index in [9.17, 15) is 4.79 Å². The van der Waals surface area contributed by atoms with Gasteiger partial charge in [0.1, 0.15) is 0 Å². The third-order valence-electron chi connectivity index (χ3n) is 4.16. The molecule has 23 heavy (non-hydrogen) atoms. The molecule has 1 atom stereocenters. The minimum absolute atomic E-state index is 0.140. The van der Waals surface area contributed by atoms with Crippen molar-refractivity contribution in [1.29, 1.82) is 0 Å². The highest BCUT2D eigenvalue weighted by atomic mass is 16.5. The van der Waals surface area contributed by atoms with Gasteiger partial charge in [0.2, 0.25) is 0 Å². The number of carbonyl (C=O) groups is 1. The van der Waals surface area contributed by atoms with E-state index in [2.05, 4.69) is 20.2 Å². The van der Waals surface area contributed by atoms with Gasteiger partial charge < -0.3 is 9.64 Å². The van der Waals surface area contributed by atoms with E-state index in [1.165, 1.54) is 0 Å². The smallest absolute Gasteiger partial charge is 0.313 e. The fraction of sp³-hybridized carbons (Fsp3) is 0.500. The molecule has 7 heteroatoms. The van der Waals surface area contributed by atoms with E-state index in [-0.39, 0.29) is 5.97 Å². The highest BCUT2D eigenvalue weighted by molar-refractivity contribution is 5.78. The standard InChI is InChI=1S/C16H21N5O2/c1-4-23-15(22)16(3)8-10-20(11-16)13-5-6-14(18-17-13)21-9-7-12(2)19-21/h5-7,9H,4,8,10-11H2,1-3H3. The minimum Gasteiger partial charge on any atom is -0.466 e. The molecule has 1 unspecified atom stereocenters. The molecule has 3 rings (SSSR count). The van der Waals surface area contributed by atoms with Crippen molar-refractivity contribution >= 4 is 11.8 Å². The molecule has 2 aromatic rings. The number of aryl methyl sites for hydroxylation is 1. The monoisotopic (exact) mass is 315 g/mol. The number of ether oxygens (including phenoxy) is 1. The Kier molecular flexibility index (Phi) is 4.02. The van der Waals surface area contributed by atoms with E-state index < -0.39 is 5.41 Å². The first kappa shape index (κ1) is 15.5. The molecule has 0 saturated carbocycles. The van der Waals surface area contributed by atoms with Crippen LogP contribution in [-0.4, -0.2) is 45.6 Å². The molecule has 0 amide bonds. The van der Waals surface area contributed by atoms with Crippen LogP contribution >= 0.6 is 0 Å². The van der Waals surface area contributed by atoms with Crippen molar-refractivity contribution in [3.8, 4) is 5.82 Å². The highest BCUT2D eigenvalue weighted by Gasteiger charge is 2.42. The van der Waals surface area contributed by atoms with E-state index in [0.29, 0.717) is 19.0 Å². The predicted octanol–water partition coefficient (Wildman–Crippen LogP) is 1.75. The van der Waals surface area contributed by atoms with E-state index in [1.54, 1.807) is 4.68 Å². The van der Waals surface area contributed by atoms with Gasteiger partial charge in [-0.15, -0.1) is 10.2 Å². The summed E-state index contributed by atoms with van der Waals surface area (Å²) in [5.74, 6) is 1.30. The van der Waals surface area contributed by atoms with Gasteiger partial charge in [0.05, 0.1) is 17.7 Å². The first-order valence-electron chi connectivity index (χ1n) is 7.80. The van der Waals surface area contributed by atoms with Gasteiger partial charge in [-0.3, -0.25) is 4.79 Å². The lowest BCUT2D eigenvalue weighted by Gasteiger charge is -2.22. The van der Waals surface area contributed by atoms with Crippen molar-refractivity contribution in [2.45, 2.75) is 27.2 Å². The molecule has 0 aromatic carbocycles. The summed E-state index contributed by atoms with van der Waals surface area (Å²) in [7, 11) is 0. The Balaban J connectivity index is 1.72. The van der Waals surface area contributed by atoms with Crippen molar-refractivity contribution in [2.24, 2.45) is 5.41 Å². The fourth-order valence-corrected chi connectivity index (χ4v) is 2.78. The molecule has 0 spiro atoms. The maximum atomic E-state index is 12.1. The first-order chi connectivity index (χ1) is 11.0. The Morgan fingerprint density at radius 1 is 1.30 bits per heavy atom. The second kappa shape index (κ2) is 5.98. The summed E-state index contributed by atoms with van der Waals surface area (Å²) in [5, 5.41) is 12.8. The molecule has 7 nitrogen and oxygen atoms in total. The third-order valence-corrected chi connectivity index (χ3v) is 4.16. The molecule has 0 radical (unpaired) electrons. The largest absolute Gasteiger partial charge is 0.466 e. The van der Waals surface area contributed by atoms with Crippen LogP contribution in [0.3, 0.4) is 0 Å². The van der Waals surface area contributed by atoms with Crippen LogP contribution < -0.4 is 4.90 Å². The van der Waals surface area contributed by atoms with Crippen molar-refractivity contribution in [3.05, 3.63) is 30.1 Å². The normalized spacial score (nSPS) is 20.7. The van der Waals surface area contributed by atoms with Crippen LogP contribution in [-0.2, 0) is 9.53 Å². The van der Waals surface area contributed by atoms with Crippen LogP contribution in [0.2, 0.25) is 0 Å². The highest BCUT2D eigenvalue weighted by Crippen LogP contribution is 2.33. The molecular formula is C16H21N5O2. The van der Waals surface area contributed by atoms with Crippen LogP contribution in [0.25, 0.3) is 5.82 Å². The number of aromatic nitrogens is 4. The molecule has 1 fully saturated rings. The fourth-order valence-electron chi connectivity index (χ4n) is 2.78. The zero-order valence-corrected chi connectivity index (χ0v) is 13.7. The first-order valence-corrected chi connectivity index (χ1v) is 7.80. The Morgan fingerprint density at radius 2 is 2.04 bits per heavy atom. The van der Waals surface area contributed by atoms with Gasteiger partial charge in [-0.2, -0.15) is 5.10 Å². The van der Waals surface area contributed by atoms with Crippen molar-refractivity contribution in [1.82, 2.24) is 20.0 Å². The Bertz CT molecular complexity index is 697. The SMILES string of the molecule is CCOC(=O)C1(C)CCN(c2ccc(-n3ccc(C)n3)nn2)C1. The zero-order valence-electron chi connectivity index (χ0n) is 13.7. The Labute approximate surface area is 135 Å². The van der Waals surface area contributed by atoms with Gasteiger partial charge in [-0.25, -0.2) is 4.68 Å². The summed E-state index contributed by atoms with van der Waals surface area (Å²) in [5.41, 5.74) is 0.454. The van der Waals surface area contributed by atoms with Crippen molar-refractivity contribution in [3.63, 3.8) is 0 Å². The Hall–Kier alpha value is -2.44. The van der Waals surface area contributed by atoms with Crippen molar-refractivity contribution < 1.29 is 9.53 Å². The topological polar surface area (TPSA) is 73.1 Å². The second-order valence-electron chi connectivity index (χ2n) is 6.10. The maximum Gasteiger partial charge on any atom is 0.313 e. The van der Waals surface area contributed by atoms with Gasteiger partial charge in [0.25, 0.3) is 0 Å². The second-order valence-corrected chi connectivity index (χ2v) is 6.10. The average Bonchev–Trinajstić information content (AvgIpc) is 3.15. The average molecular weight is 315 g/mol. The summed E-state index contributed by atoms with van der Waals surface area (Å²) in [4.78, 5) is 14.2. The van der Waals surface area contributed by atoms with Gasteiger partial charge >= 0.3 is 5.97 Å². The number of carbonyl (C=O) groups excluding carboxylic acids is 1. The van der Waals surface area contributed by atoms with E-state index in [4.69, 9.17) is 4.74 Å². The summed E-state index contributed by atoms with van der Waals surface area (Å²) < 4.78 is 6.87. The lowest BCUT2D eigenvalue weighted by Crippen LogP contribution is -2.33. The third kappa shape index (κ3) is 3.04. The van der Waals surface area contributed by atoms with Gasteiger partial charge in [0, 0.05) is 19.3 Å². The number of anilines is 1. The number of nitrogens with zero attached hydrogens (tertiary/aromatic N) is 5. The summed E-state index contributed by atoms with van der Waals surface area (Å²) in [6.07, 6.45) is 2.61. The molecule has 3 heterocycles. The zero-order chi connectivity index (χ0) is 16.4. The van der Waals surface area contributed by atoms with Gasteiger partial charge in [0.15, 0.2) is 11.6 Å². The molecule has 0 N–H and O–H groups in total. The number of rotatable bonds is 4. The predicted molar refractivity (Wildman–Crippen MR) is 85.5 cm³/mol. The number of hydrogen-bond acceptors (Lipinski definition) is 6. The quantitative estimate of drug-likeness (QED) is 0.800. The molecule has 1 aliphatic rings. The van der Waals surface area contributed by atoms with Crippen LogP contribution in [0, 0.1) is 12.3 Å². The molecule has 122 valence electrons. The minimum atomic E-state index is -0.477. The maximum absolute atomic E-state index is 12.1. The molecule has 2 aromatic heterocycles. The molecule has 1 aliphatic heterocycles. The van der Waals surface area contributed by atoms with E-state index in [0.717, 1.165) is 24.5 Å². The number of hydrogen-bond donors (Lipinski definition) is 0. The van der Waals surface area contributed by atoms with Crippen LogP contribution in [0.15, 0.2) is 24.4 Å². The number of esters is 1. The van der Waals surface area contributed by atoms with E-state index >= 15 is 0 Å². The lowest BCUT2D eigenvalue weighted by molar-refractivity contribution is -0.153. The van der Waals surface area contributed by atoms with Crippen LogP contribution in [0.1, 0.15) is 26.0 Å². The molecular weight excluding hydrogens is 294 g/mol. The van der Waals surface area contributed by atoms with Gasteiger partial charge in [-0.05, 0) is 45.4 Å². The molecule has 0 bridgehead atoms. The summed E-state index contributed by atoms with van der Waals surface area (Å²) in [6, 6.07) is 5.71. The van der Waals surface area contributed by atoms with Gasteiger partial charge in [-0.1, -0.05) is 0 Å². The summed E-state index contributed by atoms with van der Waals surface area (Å²) in [6.45, 7) is 7.48.